The number of hydrogen-bond acceptors (Lipinski definition) is 4. The third-order valence-corrected chi connectivity index (χ3v) is 4.41. The first-order valence-electron chi connectivity index (χ1n) is 9.06. The molecule has 1 atom stereocenters. The Kier molecular flexibility index (Phi) is 8.17. The van der Waals surface area contributed by atoms with Gasteiger partial charge in [-0.15, -0.1) is 0 Å². The topological polar surface area (TPSA) is 116 Å². The van der Waals surface area contributed by atoms with E-state index in [9.17, 15) is 14.4 Å². The molecule has 0 bridgehead atoms. The summed E-state index contributed by atoms with van der Waals surface area (Å²) >= 11 is 0. The molecular weight excluding hydrogens is 360 g/mol. The van der Waals surface area contributed by atoms with Crippen LogP contribution in [0.15, 0.2) is 54.6 Å². The highest BCUT2D eigenvalue weighted by atomic mass is 16.5. The van der Waals surface area contributed by atoms with Crippen LogP contribution in [-0.2, 0) is 20.8 Å². The quantitative estimate of drug-likeness (QED) is 0.371. The number of rotatable bonds is 10. The van der Waals surface area contributed by atoms with E-state index < -0.39 is 23.7 Å². The monoisotopic (exact) mass is 384 g/mol. The van der Waals surface area contributed by atoms with E-state index in [2.05, 4.69) is 5.32 Å². The fourth-order valence-corrected chi connectivity index (χ4v) is 2.87. The van der Waals surface area contributed by atoms with E-state index in [1.807, 2.05) is 54.6 Å². The maximum absolute atomic E-state index is 12.2. The van der Waals surface area contributed by atoms with Gasteiger partial charge in [0.05, 0.1) is 6.42 Å². The fraction of sp³-hybridized carbons (Fsp3) is 0.286. The zero-order valence-electron chi connectivity index (χ0n) is 15.4. The van der Waals surface area contributed by atoms with Crippen LogP contribution in [0.4, 0.5) is 0 Å². The summed E-state index contributed by atoms with van der Waals surface area (Å²) in [5.74, 6) is -2.99. The third-order valence-electron chi connectivity index (χ3n) is 4.41. The highest BCUT2D eigenvalue weighted by molar-refractivity contribution is 5.84. The zero-order valence-corrected chi connectivity index (χ0v) is 15.4. The van der Waals surface area contributed by atoms with Crippen molar-refractivity contribution in [3.63, 3.8) is 0 Å². The zero-order chi connectivity index (χ0) is 20.4. The van der Waals surface area contributed by atoms with Crippen LogP contribution in [0, 0.1) is 5.92 Å². The van der Waals surface area contributed by atoms with Gasteiger partial charge in [0.25, 0.3) is 0 Å². The molecule has 7 heteroatoms. The molecule has 7 nitrogen and oxygen atoms in total. The number of benzene rings is 2. The summed E-state index contributed by atoms with van der Waals surface area (Å²) in [7, 11) is 0. The highest BCUT2D eigenvalue weighted by Crippen LogP contribution is 2.19. The molecule has 2 amide bonds. The molecule has 4 N–H and O–H groups in total. The van der Waals surface area contributed by atoms with Crippen molar-refractivity contribution >= 4 is 17.8 Å². The van der Waals surface area contributed by atoms with Crippen LogP contribution in [-0.4, -0.2) is 34.6 Å². The second kappa shape index (κ2) is 10.8. The largest absolute Gasteiger partial charge is 0.481 e. The standard InChI is InChI=1S/C21H24N2O5/c24-19(23-28)11-10-18(14-20(25)26)21(27)22-13-12-15-6-8-17(9-7-15)16-4-2-1-3-5-16/h1-9,18,28H,10-14H2,(H,22,27)(H,23,24)(H,25,26). The van der Waals surface area contributed by atoms with E-state index in [4.69, 9.17) is 10.3 Å². The molecule has 0 saturated heterocycles. The number of nitrogens with one attached hydrogen (secondary N) is 2. The lowest BCUT2D eigenvalue weighted by atomic mass is 9.98. The van der Waals surface area contributed by atoms with Crippen LogP contribution < -0.4 is 10.8 Å². The summed E-state index contributed by atoms with van der Waals surface area (Å²) in [6, 6.07) is 18.0. The molecule has 2 aromatic rings. The van der Waals surface area contributed by atoms with Gasteiger partial charge in [0.1, 0.15) is 0 Å². The second-order valence-electron chi connectivity index (χ2n) is 6.47. The Bertz CT molecular complexity index is 790. The summed E-state index contributed by atoms with van der Waals surface area (Å²) < 4.78 is 0. The first kappa shape index (κ1) is 21.1. The van der Waals surface area contributed by atoms with Crippen LogP contribution in [0.25, 0.3) is 11.1 Å². The minimum absolute atomic E-state index is 0.0519. The molecule has 2 rings (SSSR count). The number of carbonyl (C=O) groups is 3. The normalized spacial score (nSPS) is 11.5. The van der Waals surface area contributed by atoms with Crippen molar-refractivity contribution in [3.8, 4) is 11.1 Å². The van der Waals surface area contributed by atoms with Crippen molar-refractivity contribution in [2.45, 2.75) is 25.7 Å². The van der Waals surface area contributed by atoms with Gasteiger partial charge in [0.2, 0.25) is 11.8 Å². The number of hydroxylamine groups is 1. The Labute approximate surface area is 163 Å². The molecule has 0 radical (unpaired) electrons. The number of carboxylic acids is 1. The van der Waals surface area contributed by atoms with Crippen molar-refractivity contribution < 1.29 is 24.7 Å². The van der Waals surface area contributed by atoms with Gasteiger partial charge in [-0.25, -0.2) is 5.48 Å². The Hall–Kier alpha value is -3.19. The molecule has 0 fully saturated rings. The van der Waals surface area contributed by atoms with Gasteiger partial charge < -0.3 is 10.4 Å². The van der Waals surface area contributed by atoms with Crippen molar-refractivity contribution in [1.29, 1.82) is 0 Å². The lowest BCUT2D eigenvalue weighted by Crippen LogP contribution is -2.34. The predicted molar refractivity (Wildman–Crippen MR) is 103 cm³/mol. The van der Waals surface area contributed by atoms with Gasteiger partial charge in [-0.05, 0) is 29.5 Å². The smallest absolute Gasteiger partial charge is 0.304 e. The highest BCUT2D eigenvalue weighted by Gasteiger charge is 2.22. The molecule has 28 heavy (non-hydrogen) atoms. The first-order chi connectivity index (χ1) is 13.5. The second-order valence-corrected chi connectivity index (χ2v) is 6.47. The minimum Gasteiger partial charge on any atom is -0.481 e. The SMILES string of the molecule is O=C(O)CC(CCC(=O)NO)C(=O)NCCc1ccc(-c2ccccc2)cc1. The summed E-state index contributed by atoms with van der Waals surface area (Å²) in [6.45, 7) is 0.367. The Morgan fingerprint density at radius 3 is 2.18 bits per heavy atom. The molecular formula is C21H24N2O5. The van der Waals surface area contributed by atoms with Gasteiger partial charge in [0.15, 0.2) is 0 Å². The molecule has 0 aliphatic rings. The number of amides is 2. The summed E-state index contributed by atoms with van der Waals surface area (Å²) in [6.07, 6.45) is 0.174. The maximum atomic E-state index is 12.2. The van der Waals surface area contributed by atoms with E-state index in [1.165, 1.54) is 5.48 Å². The van der Waals surface area contributed by atoms with Crippen LogP contribution in [0.5, 0.6) is 0 Å². The summed E-state index contributed by atoms with van der Waals surface area (Å²) in [5.41, 5.74) is 4.76. The van der Waals surface area contributed by atoms with Crippen molar-refractivity contribution in [3.05, 3.63) is 60.2 Å². The first-order valence-corrected chi connectivity index (χ1v) is 9.06. The number of carboxylic acid groups (broad SMARTS) is 1. The molecule has 0 aromatic heterocycles. The van der Waals surface area contributed by atoms with Crippen LogP contribution in [0.3, 0.4) is 0 Å². The van der Waals surface area contributed by atoms with Gasteiger partial charge in [-0.3, -0.25) is 19.6 Å². The average molecular weight is 384 g/mol. The fourth-order valence-electron chi connectivity index (χ4n) is 2.87. The van der Waals surface area contributed by atoms with Gasteiger partial charge in [0, 0.05) is 18.9 Å². The van der Waals surface area contributed by atoms with Crippen LogP contribution in [0.2, 0.25) is 0 Å². The Morgan fingerprint density at radius 1 is 0.929 bits per heavy atom. The molecule has 0 spiro atoms. The Morgan fingerprint density at radius 2 is 1.57 bits per heavy atom. The summed E-state index contributed by atoms with van der Waals surface area (Å²) in [4.78, 5) is 34.3. The molecule has 0 saturated carbocycles. The third kappa shape index (κ3) is 6.85. The molecule has 148 valence electrons. The van der Waals surface area contributed by atoms with E-state index in [0.29, 0.717) is 13.0 Å². The molecule has 0 aliphatic heterocycles. The van der Waals surface area contributed by atoms with E-state index in [1.54, 1.807) is 0 Å². The maximum Gasteiger partial charge on any atom is 0.304 e. The average Bonchev–Trinajstić information content (AvgIpc) is 2.71. The number of hydrogen-bond donors (Lipinski definition) is 4. The lowest BCUT2D eigenvalue weighted by molar-refractivity contribution is -0.141. The van der Waals surface area contributed by atoms with E-state index in [-0.39, 0.29) is 19.3 Å². The van der Waals surface area contributed by atoms with Crippen LogP contribution in [0.1, 0.15) is 24.8 Å². The van der Waals surface area contributed by atoms with E-state index in [0.717, 1.165) is 16.7 Å². The summed E-state index contributed by atoms with van der Waals surface area (Å²) in [5, 5.41) is 20.2. The predicted octanol–water partition coefficient (Wildman–Crippen LogP) is 2.39. The van der Waals surface area contributed by atoms with E-state index >= 15 is 0 Å². The molecule has 1 unspecified atom stereocenters. The molecule has 0 aliphatic carbocycles. The van der Waals surface area contributed by atoms with Gasteiger partial charge in [-0.1, -0.05) is 54.6 Å². The number of carbonyl (C=O) groups excluding carboxylic acids is 2. The molecule has 0 heterocycles. The van der Waals surface area contributed by atoms with Gasteiger partial charge in [-0.2, -0.15) is 0 Å². The van der Waals surface area contributed by atoms with Crippen molar-refractivity contribution in [2.75, 3.05) is 6.54 Å². The van der Waals surface area contributed by atoms with Crippen LogP contribution >= 0.6 is 0 Å². The van der Waals surface area contributed by atoms with Crippen molar-refractivity contribution in [2.24, 2.45) is 5.92 Å². The Balaban J connectivity index is 1.85. The lowest BCUT2D eigenvalue weighted by Gasteiger charge is -2.14. The molecule has 2 aromatic carbocycles. The number of aliphatic carboxylic acids is 1. The van der Waals surface area contributed by atoms with Crippen molar-refractivity contribution in [1.82, 2.24) is 10.8 Å². The minimum atomic E-state index is -1.11. The van der Waals surface area contributed by atoms with Gasteiger partial charge >= 0.3 is 5.97 Å².